The van der Waals surface area contributed by atoms with Gasteiger partial charge < -0.3 is 10.4 Å². The molecule has 0 aliphatic rings. The van der Waals surface area contributed by atoms with E-state index < -0.39 is 5.97 Å². The fourth-order valence-corrected chi connectivity index (χ4v) is 1.86. The van der Waals surface area contributed by atoms with Gasteiger partial charge in [0, 0.05) is 17.3 Å². The quantitative estimate of drug-likeness (QED) is 0.895. The van der Waals surface area contributed by atoms with E-state index in [0.717, 1.165) is 5.56 Å². The molecule has 2 aromatic rings. The number of aromatic nitrogens is 1. The van der Waals surface area contributed by atoms with E-state index in [-0.39, 0.29) is 11.6 Å². The summed E-state index contributed by atoms with van der Waals surface area (Å²) in [6.45, 7) is 1.93. The van der Waals surface area contributed by atoms with E-state index in [0.29, 0.717) is 10.8 Å². The van der Waals surface area contributed by atoms with Crippen molar-refractivity contribution in [2.75, 3.05) is 5.32 Å². The number of benzene rings is 1. The Morgan fingerprint density at radius 2 is 2.00 bits per heavy atom. The predicted octanol–water partition coefficient (Wildman–Crippen LogP) is 3.61. The molecule has 0 saturated carbocycles. The monoisotopic (exact) mass is 276 g/mol. The SMILES string of the molecule is CC(Nc1ncccc1C(=O)O)c1ccc(Cl)cc1. The highest BCUT2D eigenvalue weighted by Crippen LogP contribution is 2.21. The number of anilines is 1. The first-order valence-electron chi connectivity index (χ1n) is 5.78. The number of nitrogens with zero attached hydrogens (tertiary/aromatic N) is 1. The van der Waals surface area contributed by atoms with Crippen molar-refractivity contribution in [1.29, 1.82) is 0 Å². The average Bonchev–Trinajstić information content (AvgIpc) is 2.39. The molecule has 2 N–H and O–H groups in total. The molecule has 0 bridgehead atoms. The van der Waals surface area contributed by atoms with Crippen molar-refractivity contribution in [3.05, 3.63) is 58.7 Å². The first-order valence-corrected chi connectivity index (χ1v) is 6.16. The largest absolute Gasteiger partial charge is 0.478 e. The van der Waals surface area contributed by atoms with E-state index >= 15 is 0 Å². The highest BCUT2D eigenvalue weighted by Gasteiger charge is 2.13. The van der Waals surface area contributed by atoms with Crippen LogP contribution in [-0.2, 0) is 0 Å². The number of hydrogen-bond donors (Lipinski definition) is 2. The summed E-state index contributed by atoms with van der Waals surface area (Å²) < 4.78 is 0. The van der Waals surface area contributed by atoms with Crippen molar-refractivity contribution in [2.45, 2.75) is 13.0 Å². The van der Waals surface area contributed by atoms with E-state index in [9.17, 15) is 4.79 Å². The molecule has 1 unspecified atom stereocenters. The number of nitrogens with one attached hydrogen (secondary N) is 1. The molecule has 1 atom stereocenters. The van der Waals surface area contributed by atoms with Gasteiger partial charge in [-0.2, -0.15) is 0 Å². The maximum Gasteiger partial charge on any atom is 0.339 e. The van der Waals surface area contributed by atoms with E-state index in [4.69, 9.17) is 16.7 Å². The summed E-state index contributed by atoms with van der Waals surface area (Å²) in [4.78, 5) is 15.2. The summed E-state index contributed by atoms with van der Waals surface area (Å²) in [5, 5.41) is 12.8. The van der Waals surface area contributed by atoms with Crippen LogP contribution in [0.2, 0.25) is 5.02 Å². The second-order valence-electron chi connectivity index (χ2n) is 4.12. The number of rotatable bonds is 4. The lowest BCUT2D eigenvalue weighted by atomic mass is 10.1. The molecule has 0 spiro atoms. The smallest absolute Gasteiger partial charge is 0.339 e. The Morgan fingerprint density at radius 1 is 1.32 bits per heavy atom. The van der Waals surface area contributed by atoms with E-state index in [1.54, 1.807) is 24.4 Å². The maximum absolute atomic E-state index is 11.1. The maximum atomic E-state index is 11.1. The second kappa shape index (κ2) is 5.71. The van der Waals surface area contributed by atoms with Crippen LogP contribution in [0.1, 0.15) is 28.9 Å². The number of carboxylic acid groups (broad SMARTS) is 1. The van der Waals surface area contributed by atoms with E-state index in [2.05, 4.69) is 10.3 Å². The summed E-state index contributed by atoms with van der Waals surface area (Å²) in [6.07, 6.45) is 1.56. The van der Waals surface area contributed by atoms with Crippen molar-refractivity contribution in [3.8, 4) is 0 Å². The summed E-state index contributed by atoms with van der Waals surface area (Å²) in [5.41, 5.74) is 1.16. The first kappa shape index (κ1) is 13.4. The summed E-state index contributed by atoms with van der Waals surface area (Å²) >= 11 is 5.83. The summed E-state index contributed by atoms with van der Waals surface area (Å²) in [5.74, 6) is -0.642. The molecule has 0 saturated heterocycles. The molecule has 0 aliphatic heterocycles. The zero-order chi connectivity index (χ0) is 13.8. The third kappa shape index (κ3) is 3.23. The molecule has 0 fully saturated rings. The fourth-order valence-electron chi connectivity index (χ4n) is 1.73. The van der Waals surface area contributed by atoms with Crippen LogP contribution in [0, 0.1) is 0 Å². The van der Waals surface area contributed by atoms with Crippen molar-refractivity contribution in [1.82, 2.24) is 4.98 Å². The topological polar surface area (TPSA) is 62.2 Å². The first-order chi connectivity index (χ1) is 9.08. The van der Waals surface area contributed by atoms with Crippen LogP contribution in [0.15, 0.2) is 42.6 Å². The lowest BCUT2D eigenvalue weighted by Gasteiger charge is -2.16. The third-order valence-corrected chi connectivity index (χ3v) is 3.01. The van der Waals surface area contributed by atoms with Crippen LogP contribution in [0.25, 0.3) is 0 Å². The Bertz CT molecular complexity index is 584. The Morgan fingerprint density at radius 3 is 2.63 bits per heavy atom. The van der Waals surface area contributed by atoms with Gasteiger partial charge in [-0.1, -0.05) is 23.7 Å². The number of pyridine rings is 1. The molecule has 5 heteroatoms. The van der Waals surface area contributed by atoms with Gasteiger partial charge in [0.05, 0.1) is 0 Å². The van der Waals surface area contributed by atoms with Gasteiger partial charge in [-0.15, -0.1) is 0 Å². The van der Waals surface area contributed by atoms with Crippen LogP contribution in [0.5, 0.6) is 0 Å². The van der Waals surface area contributed by atoms with Gasteiger partial charge in [0.1, 0.15) is 11.4 Å². The van der Waals surface area contributed by atoms with E-state index in [1.165, 1.54) is 6.07 Å². The van der Waals surface area contributed by atoms with Crippen LogP contribution >= 0.6 is 11.6 Å². The number of hydrogen-bond acceptors (Lipinski definition) is 3. The average molecular weight is 277 g/mol. The van der Waals surface area contributed by atoms with Crippen LogP contribution < -0.4 is 5.32 Å². The minimum Gasteiger partial charge on any atom is -0.478 e. The summed E-state index contributed by atoms with van der Waals surface area (Å²) in [7, 11) is 0. The van der Waals surface area contributed by atoms with Gasteiger partial charge >= 0.3 is 5.97 Å². The third-order valence-electron chi connectivity index (χ3n) is 2.76. The standard InChI is InChI=1S/C14H13ClN2O2/c1-9(10-4-6-11(15)7-5-10)17-13-12(14(18)19)3-2-8-16-13/h2-9H,1H3,(H,16,17)(H,18,19). The Labute approximate surface area is 116 Å². The number of halogens is 1. The highest BCUT2D eigenvalue weighted by molar-refractivity contribution is 6.30. The molecular formula is C14H13ClN2O2. The summed E-state index contributed by atoms with van der Waals surface area (Å²) in [6, 6.07) is 10.4. The Balaban J connectivity index is 2.21. The van der Waals surface area contributed by atoms with Crippen LogP contribution in [0.4, 0.5) is 5.82 Å². The molecule has 2 rings (SSSR count). The predicted molar refractivity (Wildman–Crippen MR) is 74.7 cm³/mol. The molecule has 1 aromatic carbocycles. The Hall–Kier alpha value is -2.07. The van der Waals surface area contributed by atoms with Gasteiger partial charge in [0.2, 0.25) is 0 Å². The van der Waals surface area contributed by atoms with Gasteiger partial charge in [-0.05, 0) is 36.8 Å². The molecule has 19 heavy (non-hydrogen) atoms. The molecular weight excluding hydrogens is 264 g/mol. The molecule has 98 valence electrons. The molecule has 1 aromatic heterocycles. The lowest BCUT2D eigenvalue weighted by molar-refractivity contribution is 0.0697. The minimum atomic E-state index is -1.00. The van der Waals surface area contributed by atoms with Gasteiger partial charge in [0.15, 0.2) is 0 Å². The zero-order valence-electron chi connectivity index (χ0n) is 10.3. The zero-order valence-corrected chi connectivity index (χ0v) is 11.1. The molecule has 0 radical (unpaired) electrons. The van der Waals surface area contributed by atoms with Crippen LogP contribution in [0.3, 0.4) is 0 Å². The van der Waals surface area contributed by atoms with Crippen molar-refractivity contribution in [2.24, 2.45) is 0 Å². The van der Waals surface area contributed by atoms with Gasteiger partial charge in [-0.25, -0.2) is 9.78 Å². The van der Waals surface area contributed by atoms with Gasteiger partial charge in [-0.3, -0.25) is 0 Å². The van der Waals surface area contributed by atoms with Gasteiger partial charge in [0.25, 0.3) is 0 Å². The van der Waals surface area contributed by atoms with E-state index in [1.807, 2.05) is 19.1 Å². The molecule has 0 aliphatic carbocycles. The minimum absolute atomic E-state index is 0.0646. The van der Waals surface area contributed by atoms with Crippen molar-refractivity contribution >= 4 is 23.4 Å². The number of carbonyl (C=O) groups is 1. The van der Waals surface area contributed by atoms with Crippen LogP contribution in [-0.4, -0.2) is 16.1 Å². The normalized spacial score (nSPS) is 11.9. The van der Waals surface area contributed by atoms with Crippen molar-refractivity contribution in [3.63, 3.8) is 0 Å². The highest BCUT2D eigenvalue weighted by atomic mass is 35.5. The molecule has 1 heterocycles. The lowest BCUT2D eigenvalue weighted by Crippen LogP contribution is -2.12. The Kier molecular flexibility index (Phi) is 4.02. The second-order valence-corrected chi connectivity index (χ2v) is 4.56. The number of aromatic carboxylic acids is 1. The molecule has 4 nitrogen and oxygen atoms in total. The van der Waals surface area contributed by atoms with Crippen molar-refractivity contribution < 1.29 is 9.90 Å². The number of carboxylic acids is 1. The fraction of sp³-hybridized carbons (Fsp3) is 0.143. The molecule has 0 amide bonds.